The van der Waals surface area contributed by atoms with Crippen LogP contribution in [0.3, 0.4) is 0 Å². The van der Waals surface area contributed by atoms with Crippen LogP contribution >= 0.6 is 0 Å². The average Bonchev–Trinajstić information content (AvgIpc) is 2.26. The van der Waals surface area contributed by atoms with Crippen LogP contribution in [0, 0.1) is 6.92 Å². The number of nitrogens with zero attached hydrogens (tertiary/aromatic N) is 2. The average molecular weight is 200 g/mol. The molecule has 0 aliphatic carbocycles. The topological polar surface area (TPSA) is 51.8 Å². The predicted octanol–water partition coefficient (Wildman–Crippen LogP) is 1.70. The molecule has 1 heterocycles. The first-order valence-corrected chi connectivity index (χ1v) is 5.07. The maximum absolute atomic E-state index is 5.47. The molecule has 3 nitrogen and oxygen atoms in total. The summed E-state index contributed by atoms with van der Waals surface area (Å²) in [7, 11) is 0. The summed E-state index contributed by atoms with van der Waals surface area (Å²) < 4.78 is 0. The molecule has 0 unspecified atom stereocenters. The maximum atomic E-state index is 5.47. The molecule has 0 saturated heterocycles. The highest BCUT2D eigenvalue weighted by Gasteiger charge is 1.99. The minimum atomic E-state index is 0.706. The smallest absolute Gasteiger partial charge is 0.0890 e. The molecule has 0 fully saturated rings. The molecular weight excluding hydrogens is 186 g/mol. The molecule has 2 N–H and O–H groups in total. The van der Waals surface area contributed by atoms with E-state index in [-0.39, 0.29) is 0 Å². The van der Waals surface area contributed by atoms with E-state index >= 15 is 0 Å². The molecule has 15 heavy (non-hydrogen) atoms. The second kappa shape index (κ2) is 4.36. The zero-order valence-corrected chi connectivity index (χ0v) is 8.61. The minimum Gasteiger partial charge on any atom is -0.330 e. The lowest BCUT2D eigenvalue weighted by Gasteiger charge is -2.02. The van der Waals surface area contributed by atoms with E-state index in [9.17, 15) is 0 Å². The van der Waals surface area contributed by atoms with Crippen LogP contribution in [0.4, 0.5) is 0 Å². The summed E-state index contributed by atoms with van der Waals surface area (Å²) in [5.41, 5.74) is 9.27. The van der Waals surface area contributed by atoms with E-state index in [0.717, 1.165) is 30.4 Å². The number of aromatic nitrogens is 2. The Hall–Kier alpha value is -1.48. The van der Waals surface area contributed by atoms with E-state index in [1.54, 1.807) is 6.20 Å². The number of aryl methyl sites for hydroxylation is 1. The molecule has 3 heteroatoms. The van der Waals surface area contributed by atoms with Crippen molar-refractivity contribution in [1.29, 1.82) is 0 Å². The van der Waals surface area contributed by atoms with Gasteiger partial charge in [0.2, 0.25) is 0 Å². The molecule has 0 spiro atoms. The van der Waals surface area contributed by atoms with Gasteiger partial charge in [0.15, 0.2) is 0 Å². The molecule has 0 aliphatic rings. The highest BCUT2D eigenvalue weighted by atomic mass is 14.8. The van der Waals surface area contributed by atoms with Gasteiger partial charge in [-0.15, -0.1) is 0 Å². The van der Waals surface area contributed by atoms with Gasteiger partial charge in [0.25, 0.3) is 0 Å². The standard InChI is InChI=1S/C12H14N3/c1-9-8-14-12-7-10(3-2-6-13)4-5-11(12)15-9/h4-5,7-8H,1-3,6,13H2. The van der Waals surface area contributed by atoms with Crippen LogP contribution in [-0.4, -0.2) is 16.5 Å². The number of hydrogen-bond acceptors (Lipinski definition) is 3. The zero-order valence-electron chi connectivity index (χ0n) is 8.61. The number of benzene rings is 1. The number of nitrogens with two attached hydrogens (primary N) is 1. The van der Waals surface area contributed by atoms with Gasteiger partial charge in [0, 0.05) is 6.20 Å². The molecule has 2 rings (SSSR count). The summed E-state index contributed by atoms with van der Waals surface area (Å²) in [6, 6.07) is 6.13. The predicted molar refractivity (Wildman–Crippen MR) is 61.4 cm³/mol. The number of fused-ring (bicyclic) bond motifs is 1. The largest absolute Gasteiger partial charge is 0.330 e. The second-order valence-electron chi connectivity index (χ2n) is 3.58. The quantitative estimate of drug-likeness (QED) is 0.820. The SMILES string of the molecule is [CH2]c1cnc2cc(CCCN)ccc2n1. The van der Waals surface area contributed by atoms with Gasteiger partial charge in [-0.3, -0.25) is 4.98 Å². The Kier molecular flexibility index (Phi) is 2.92. The molecule has 1 aromatic heterocycles. The molecule has 77 valence electrons. The maximum Gasteiger partial charge on any atom is 0.0890 e. The fourth-order valence-electron chi connectivity index (χ4n) is 1.56. The second-order valence-corrected chi connectivity index (χ2v) is 3.58. The summed E-state index contributed by atoms with van der Waals surface area (Å²) in [6.45, 7) is 4.48. The van der Waals surface area contributed by atoms with Gasteiger partial charge in [-0.05, 0) is 44.0 Å². The van der Waals surface area contributed by atoms with Crippen molar-refractivity contribution >= 4 is 11.0 Å². The van der Waals surface area contributed by atoms with E-state index in [1.165, 1.54) is 5.56 Å². The first kappa shape index (κ1) is 10.1. The Labute approximate surface area is 89.4 Å². The summed E-state index contributed by atoms with van der Waals surface area (Å²) >= 11 is 0. The van der Waals surface area contributed by atoms with E-state index in [0.29, 0.717) is 5.69 Å². The molecule has 0 atom stereocenters. The number of rotatable bonds is 3. The monoisotopic (exact) mass is 200 g/mol. The normalized spacial score (nSPS) is 10.8. The van der Waals surface area contributed by atoms with Crippen LogP contribution in [0.15, 0.2) is 24.4 Å². The lowest BCUT2D eigenvalue weighted by Crippen LogP contribution is -2.00. The Morgan fingerprint density at radius 2 is 2.13 bits per heavy atom. The first-order chi connectivity index (χ1) is 7.29. The van der Waals surface area contributed by atoms with Crippen molar-refractivity contribution < 1.29 is 0 Å². The molecule has 0 saturated carbocycles. The molecule has 0 bridgehead atoms. The Morgan fingerprint density at radius 3 is 2.93 bits per heavy atom. The van der Waals surface area contributed by atoms with Crippen LogP contribution in [0.2, 0.25) is 0 Å². The first-order valence-electron chi connectivity index (χ1n) is 5.07. The fourth-order valence-corrected chi connectivity index (χ4v) is 1.56. The van der Waals surface area contributed by atoms with Crippen LogP contribution in [0.25, 0.3) is 11.0 Å². The van der Waals surface area contributed by atoms with E-state index in [2.05, 4.69) is 29.0 Å². The van der Waals surface area contributed by atoms with Crippen molar-refractivity contribution in [3.8, 4) is 0 Å². The summed E-state index contributed by atoms with van der Waals surface area (Å²) in [4.78, 5) is 8.59. The molecular formula is C12H14N3. The van der Waals surface area contributed by atoms with Crippen molar-refractivity contribution in [3.63, 3.8) is 0 Å². The van der Waals surface area contributed by atoms with Crippen molar-refractivity contribution in [2.24, 2.45) is 5.73 Å². The van der Waals surface area contributed by atoms with Gasteiger partial charge in [-0.2, -0.15) is 0 Å². The van der Waals surface area contributed by atoms with Gasteiger partial charge in [-0.25, -0.2) is 4.98 Å². The van der Waals surface area contributed by atoms with E-state index < -0.39 is 0 Å². The number of hydrogen-bond donors (Lipinski definition) is 1. The molecule has 1 aromatic carbocycles. The van der Waals surface area contributed by atoms with Crippen molar-refractivity contribution in [2.45, 2.75) is 12.8 Å². The van der Waals surface area contributed by atoms with E-state index in [1.807, 2.05) is 6.07 Å². The third-order valence-electron chi connectivity index (χ3n) is 2.33. The molecule has 0 amide bonds. The van der Waals surface area contributed by atoms with E-state index in [4.69, 9.17) is 5.73 Å². The van der Waals surface area contributed by atoms with Crippen molar-refractivity contribution in [3.05, 3.63) is 42.6 Å². The van der Waals surface area contributed by atoms with Crippen molar-refractivity contribution in [2.75, 3.05) is 6.54 Å². The fraction of sp³-hybridized carbons (Fsp3) is 0.250. The highest BCUT2D eigenvalue weighted by Crippen LogP contribution is 2.13. The lowest BCUT2D eigenvalue weighted by atomic mass is 10.1. The van der Waals surface area contributed by atoms with Gasteiger partial charge in [-0.1, -0.05) is 6.07 Å². The Morgan fingerprint density at radius 1 is 1.27 bits per heavy atom. The van der Waals surface area contributed by atoms with Crippen LogP contribution in [0.1, 0.15) is 17.7 Å². The lowest BCUT2D eigenvalue weighted by molar-refractivity contribution is 0.833. The Bertz CT molecular complexity index is 465. The third kappa shape index (κ3) is 2.30. The Balaban J connectivity index is 2.34. The highest BCUT2D eigenvalue weighted by molar-refractivity contribution is 5.74. The molecule has 1 radical (unpaired) electrons. The molecule has 2 aromatic rings. The van der Waals surface area contributed by atoms with Gasteiger partial charge in [0.1, 0.15) is 0 Å². The van der Waals surface area contributed by atoms with Gasteiger partial charge in [0.05, 0.1) is 16.7 Å². The third-order valence-corrected chi connectivity index (χ3v) is 2.33. The van der Waals surface area contributed by atoms with Gasteiger partial charge >= 0.3 is 0 Å². The molecule has 0 aliphatic heterocycles. The zero-order chi connectivity index (χ0) is 10.7. The minimum absolute atomic E-state index is 0.706. The summed E-state index contributed by atoms with van der Waals surface area (Å²) in [5, 5.41) is 0. The van der Waals surface area contributed by atoms with Crippen LogP contribution in [0.5, 0.6) is 0 Å². The summed E-state index contributed by atoms with van der Waals surface area (Å²) in [5.74, 6) is 0. The van der Waals surface area contributed by atoms with Crippen LogP contribution in [-0.2, 0) is 6.42 Å². The van der Waals surface area contributed by atoms with Gasteiger partial charge < -0.3 is 5.73 Å². The van der Waals surface area contributed by atoms with Crippen molar-refractivity contribution in [1.82, 2.24) is 9.97 Å². The van der Waals surface area contributed by atoms with Crippen LogP contribution < -0.4 is 5.73 Å². The summed E-state index contributed by atoms with van der Waals surface area (Å²) in [6.07, 6.45) is 3.70.